The second-order valence-corrected chi connectivity index (χ2v) is 8.68. The number of nitrogens with two attached hydrogens (primary N) is 1. The molecule has 0 bridgehead atoms. The maximum Gasteiger partial charge on any atom is 0.522 e. The van der Waals surface area contributed by atoms with Gasteiger partial charge in [-0.3, -0.25) is 9.69 Å². The number of carboxylic acids is 1. The number of cyclic esters (lactones) is 1. The van der Waals surface area contributed by atoms with Crippen LogP contribution in [-0.2, 0) is 20.7 Å². The Balaban J connectivity index is 1.34. The van der Waals surface area contributed by atoms with Gasteiger partial charge in [0.2, 0.25) is 5.91 Å². The second kappa shape index (κ2) is 8.60. The summed E-state index contributed by atoms with van der Waals surface area (Å²) < 4.78 is 16.1. The van der Waals surface area contributed by atoms with E-state index in [-0.39, 0.29) is 36.3 Å². The van der Waals surface area contributed by atoms with Crippen LogP contribution in [0, 0.1) is 0 Å². The van der Waals surface area contributed by atoms with E-state index in [0.717, 1.165) is 0 Å². The molecule has 0 saturated carbocycles. The van der Waals surface area contributed by atoms with Crippen LogP contribution < -0.4 is 20.4 Å². The Bertz CT molecular complexity index is 934. The Hall–Kier alpha value is -2.83. The molecule has 0 unspecified atom stereocenters. The van der Waals surface area contributed by atoms with Gasteiger partial charge in [-0.2, -0.15) is 0 Å². The highest BCUT2D eigenvalue weighted by Crippen LogP contribution is 2.37. The SMILES string of the molecule is C[C@@](N)(CN1CC(Oc2ccc3c(c2C(=O)O)OB(O)CC3)C1)C(=O)N[C@@H]1CCOC1=O. The lowest BCUT2D eigenvalue weighted by Crippen LogP contribution is -2.65. The first-order valence-corrected chi connectivity index (χ1v) is 10.5. The van der Waals surface area contributed by atoms with Gasteiger partial charge in [0.05, 0.1) is 6.61 Å². The lowest BCUT2D eigenvalue weighted by Gasteiger charge is -2.42. The first-order valence-electron chi connectivity index (χ1n) is 10.5. The topological polar surface area (TPSA) is 161 Å². The Morgan fingerprint density at radius 1 is 1.41 bits per heavy atom. The number of carbonyl (C=O) groups excluding carboxylic acids is 2. The fourth-order valence-electron chi connectivity index (χ4n) is 4.11. The van der Waals surface area contributed by atoms with Crippen LogP contribution in [0.3, 0.4) is 0 Å². The molecule has 32 heavy (non-hydrogen) atoms. The number of carboxylic acid groups (broad SMARTS) is 1. The number of ether oxygens (including phenoxy) is 2. The lowest BCUT2D eigenvalue weighted by atomic mass is 9.78. The Morgan fingerprint density at radius 3 is 2.81 bits per heavy atom. The monoisotopic (exact) mass is 447 g/mol. The van der Waals surface area contributed by atoms with Gasteiger partial charge in [0.15, 0.2) is 0 Å². The molecule has 12 heteroatoms. The van der Waals surface area contributed by atoms with Gasteiger partial charge in [-0.05, 0) is 31.3 Å². The van der Waals surface area contributed by atoms with E-state index in [0.29, 0.717) is 37.8 Å². The van der Waals surface area contributed by atoms with Crippen LogP contribution in [0.15, 0.2) is 12.1 Å². The smallest absolute Gasteiger partial charge is 0.522 e. The zero-order chi connectivity index (χ0) is 23.0. The van der Waals surface area contributed by atoms with Crippen molar-refractivity contribution in [2.75, 3.05) is 26.2 Å². The highest BCUT2D eigenvalue weighted by molar-refractivity contribution is 6.44. The fraction of sp³-hybridized carbons (Fsp3) is 0.550. The van der Waals surface area contributed by atoms with Crippen LogP contribution in [-0.4, -0.2) is 83.9 Å². The normalized spacial score (nSPS) is 22.8. The molecular weight excluding hydrogens is 421 g/mol. The number of nitrogens with one attached hydrogen (secondary N) is 1. The third kappa shape index (κ3) is 4.52. The predicted octanol–water partition coefficient (Wildman–Crippen LogP) is -0.988. The maximum atomic E-state index is 12.5. The fourth-order valence-corrected chi connectivity index (χ4v) is 4.11. The molecule has 3 heterocycles. The van der Waals surface area contributed by atoms with Crippen molar-refractivity contribution in [3.05, 3.63) is 23.3 Å². The molecule has 3 aliphatic heterocycles. The molecule has 0 aromatic heterocycles. The van der Waals surface area contributed by atoms with E-state index in [9.17, 15) is 24.5 Å². The molecule has 4 rings (SSSR count). The molecule has 2 atom stereocenters. The van der Waals surface area contributed by atoms with Crippen molar-refractivity contribution in [2.45, 2.75) is 43.8 Å². The zero-order valence-corrected chi connectivity index (χ0v) is 17.7. The molecule has 1 amide bonds. The molecule has 0 aliphatic carbocycles. The molecule has 1 aromatic carbocycles. The van der Waals surface area contributed by atoms with E-state index >= 15 is 0 Å². The van der Waals surface area contributed by atoms with Gasteiger partial charge < -0.3 is 35.3 Å². The average molecular weight is 447 g/mol. The van der Waals surface area contributed by atoms with Crippen LogP contribution in [0.1, 0.15) is 29.3 Å². The number of amides is 1. The number of aryl methyl sites for hydroxylation is 1. The molecule has 11 nitrogen and oxygen atoms in total. The van der Waals surface area contributed by atoms with E-state index in [4.69, 9.17) is 19.9 Å². The number of fused-ring (bicyclic) bond motifs is 1. The van der Waals surface area contributed by atoms with Gasteiger partial charge >= 0.3 is 19.1 Å². The van der Waals surface area contributed by atoms with Crippen molar-refractivity contribution in [3.63, 3.8) is 0 Å². The van der Waals surface area contributed by atoms with Crippen molar-refractivity contribution >= 4 is 25.0 Å². The number of esters is 1. The molecule has 0 spiro atoms. The summed E-state index contributed by atoms with van der Waals surface area (Å²) in [6.45, 7) is 3.01. The van der Waals surface area contributed by atoms with Gasteiger partial charge in [0.1, 0.15) is 34.7 Å². The second-order valence-electron chi connectivity index (χ2n) is 8.68. The van der Waals surface area contributed by atoms with Crippen molar-refractivity contribution in [1.82, 2.24) is 10.2 Å². The third-order valence-corrected chi connectivity index (χ3v) is 5.86. The van der Waals surface area contributed by atoms with Gasteiger partial charge in [-0.25, -0.2) is 9.59 Å². The van der Waals surface area contributed by atoms with Crippen LogP contribution in [0.5, 0.6) is 11.5 Å². The summed E-state index contributed by atoms with van der Waals surface area (Å²) in [5.41, 5.74) is 5.56. The molecule has 5 N–H and O–H groups in total. The molecule has 3 aliphatic rings. The Labute approximate surface area is 184 Å². The van der Waals surface area contributed by atoms with E-state index in [1.165, 1.54) is 0 Å². The highest BCUT2D eigenvalue weighted by atomic mass is 16.5. The Morgan fingerprint density at radius 2 is 2.16 bits per heavy atom. The third-order valence-electron chi connectivity index (χ3n) is 5.86. The summed E-state index contributed by atoms with van der Waals surface area (Å²) >= 11 is 0. The first kappa shape index (κ1) is 22.4. The van der Waals surface area contributed by atoms with Crippen LogP contribution in [0.4, 0.5) is 0 Å². The summed E-state index contributed by atoms with van der Waals surface area (Å²) in [5.74, 6) is -1.78. The molecule has 172 valence electrons. The lowest BCUT2D eigenvalue weighted by molar-refractivity contribution is -0.142. The summed E-state index contributed by atoms with van der Waals surface area (Å²) in [5, 5.41) is 22.0. The molecular formula is C20H26BN3O8. The quantitative estimate of drug-likeness (QED) is 0.302. The van der Waals surface area contributed by atoms with Crippen LogP contribution in [0.25, 0.3) is 0 Å². The molecule has 1 aromatic rings. The minimum Gasteiger partial charge on any atom is -0.535 e. The van der Waals surface area contributed by atoms with Crippen molar-refractivity contribution in [1.29, 1.82) is 0 Å². The predicted molar refractivity (Wildman–Crippen MR) is 111 cm³/mol. The van der Waals surface area contributed by atoms with Gasteiger partial charge in [-0.1, -0.05) is 6.07 Å². The number of benzene rings is 1. The van der Waals surface area contributed by atoms with E-state index < -0.39 is 36.5 Å². The Kier molecular flexibility index (Phi) is 6.02. The number of hydrogen-bond acceptors (Lipinski definition) is 9. The molecule has 2 fully saturated rings. The molecule has 2 saturated heterocycles. The van der Waals surface area contributed by atoms with Crippen LogP contribution >= 0.6 is 0 Å². The number of rotatable bonds is 7. The average Bonchev–Trinajstić information content (AvgIpc) is 3.09. The van der Waals surface area contributed by atoms with E-state index in [1.807, 2.05) is 4.90 Å². The van der Waals surface area contributed by atoms with Crippen LogP contribution in [0.2, 0.25) is 6.32 Å². The van der Waals surface area contributed by atoms with Crippen molar-refractivity contribution in [3.8, 4) is 11.5 Å². The van der Waals surface area contributed by atoms with Gasteiger partial charge in [0.25, 0.3) is 0 Å². The summed E-state index contributed by atoms with van der Waals surface area (Å²) in [6, 6.07) is 2.68. The summed E-state index contributed by atoms with van der Waals surface area (Å²) in [4.78, 5) is 37.8. The highest BCUT2D eigenvalue weighted by Gasteiger charge is 2.40. The summed E-state index contributed by atoms with van der Waals surface area (Å²) in [6.07, 6.45) is 1.05. The standard InChI is InChI=1S/C20H26BN3O8/c1-20(22,19(28)23-13-5-7-30-18(13)27)10-24-8-12(9-24)31-14-3-2-11-4-6-21(29)32-16(11)15(14)17(25)26/h2-3,12-13,29H,4-10,22H2,1H3,(H,23,28)(H,25,26)/t13-,20-/m1/s1. The number of carbonyl (C=O) groups is 3. The minimum absolute atomic E-state index is 0.105. The van der Waals surface area contributed by atoms with E-state index in [1.54, 1.807) is 19.1 Å². The first-order chi connectivity index (χ1) is 15.1. The molecule has 0 radical (unpaired) electrons. The number of likely N-dealkylation sites (tertiary alicyclic amines) is 1. The number of hydrogen-bond donors (Lipinski definition) is 4. The zero-order valence-electron chi connectivity index (χ0n) is 17.7. The van der Waals surface area contributed by atoms with Crippen molar-refractivity contribution < 1.29 is 38.6 Å². The number of nitrogens with zero attached hydrogens (tertiary/aromatic N) is 1. The number of aromatic carboxylic acids is 1. The van der Waals surface area contributed by atoms with Gasteiger partial charge in [-0.15, -0.1) is 0 Å². The summed E-state index contributed by atoms with van der Waals surface area (Å²) in [7, 11) is -1.05. The largest absolute Gasteiger partial charge is 0.535 e. The van der Waals surface area contributed by atoms with Crippen molar-refractivity contribution in [2.24, 2.45) is 5.73 Å². The minimum atomic E-state index is -1.23. The van der Waals surface area contributed by atoms with Gasteiger partial charge in [0, 0.05) is 26.1 Å². The maximum absolute atomic E-state index is 12.5. The van der Waals surface area contributed by atoms with E-state index in [2.05, 4.69) is 5.32 Å².